The van der Waals surface area contributed by atoms with Crippen molar-refractivity contribution in [3.05, 3.63) is 91.8 Å². The van der Waals surface area contributed by atoms with Gasteiger partial charge in [0.2, 0.25) is 5.91 Å². The third-order valence-corrected chi connectivity index (χ3v) is 6.73. The number of carbonyl (C=O) groups excluding carboxylic acids is 1. The molecule has 1 fully saturated rings. The number of para-hydroxylation sites is 2. The number of hydrogen-bond donors (Lipinski definition) is 3. The number of fused-ring (bicyclic) bond motifs is 2. The highest BCUT2D eigenvalue weighted by molar-refractivity contribution is 5.89. The predicted octanol–water partition coefficient (Wildman–Crippen LogP) is 2.06. The Labute approximate surface area is 205 Å². The monoisotopic (exact) mass is 495 g/mol. The molecule has 0 bridgehead atoms. The van der Waals surface area contributed by atoms with E-state index in [1.54, 1.807) is 13.0 Å². The second kappa shape index (κ2) is 9.36. The first-order valence-electron chi connectivity index (χ1n) is 11.8. The number of nitrogens with zero attached hydrogens (tertiary/aromatic N) is 1. The first-order valence-corrected chi connectivity index (χ1v) is 11.8. The number of aromatic nitrogens is 2. The van der Waals surface area contributed by atoms with Gasteiger partial charge in [0.1, 0.15) is 23.7 Å². The van der Waals surface area contributed by atoms with E-state index in [-0.39, 0.29) is 18.0 Å². The van der Waals surface area contributed by atoms with E-state index in [1.807, 2.05) is 43.3 Å². The van der Waals surface area contributed by atoms with Gasteiger partial charge in [-0.2, -0.15) is 0 Å². The molecule has 0 spiro atoms. The fourth-order valence-electron chi connectivity index (χ4n) is 4.78. The van der Waals surface area contributed by atoms with Crippen molar-refractivity contribution in [2.24, 2.45) is 0 Å². The van der Waals surface area contributed by atoms with Crippen LogP contribution in [0.5, 0.6) is 11.5 Å². The summed E-state index contributed by atoms with van der Waals surface area (Å²) in [5.41, 5.74) is 1.16. The number of aliphatic hydroxyl groups is 1. The van der Waals surface area contributed by atoms with Gasteiger partial charge in [-0.05, 0) is 25.0 Å². The molecule has 2 aromatic carbocycles. The molecule has 0 saturated carbocycles. The third kappa shape index (κ3) is 4.02. The van der Waals surface area contributed by atoms with Crippen LogP contribution in [0.2, 0.25) is 0 Å². The van der Waals surface area contributed by atoms with Gasteiger partial charge in [0.05, 0.1) is 5.92 Å². The van der Waals surface area contributed by atoms with Gasteiger partial charge >= 0.3 is 5.69 Å². The van der Waals surface area contributed by atoms with Crippen molar-refractivity contribution in [3.8, 4) is 11.5 Å². The van der Waals surface area contributed by atoms with E-state index in [4.69, 9.17) is 9.47 Å². The Bertz CT molecular complexity index is 1430. The summed E-state index contributed by atoms with van der Waals surface area (Å²) in [7, 11) is 0. The average molecular weight is 496 g/mol. The zero-order valence-corrected chi connectivity index (χ0v) is 19.7. The number of benzene rings is 2. The summed E-state index contributed by atoms with van der Waals surface area (Å²) in [5.74, 6) is 0.155. The molecule has 1 aromatic heterocycles. The lowest BCUT2D eigenvalue weighted by molar-refractivity contribution is -0.123. The Morgan fingerprint density at radius 1 is 1.17 bits per heavy atom. The number of halogens is 1. The van der Waals surface area contributed by atoms with Gasteiger partial charge in [-0.3, -0.25) is 19.1 Å². The van der Waals surface area contributed by atoms with Crippen molar-refractivity contribution in [1.82, 2.24) is 14.9 Å². The number of hydrogen-bond acceptors (Lipinski definition) is 6. The molecular weight excluding hydrogens is 469 g/mol. The summed E-state index contributed by atoms with van der Waals surface area (Å²) in [6.45, 7) is 3.44. The zero-order valence-electron chi connectivity index (χ0n) is 19.7. The van der Waals surface area contributed by atoms with Crippen LogP contribution in [0.4, 0.5) is 4.39 Å². The van der Waals surface area contributed by atoms with Gasteiger partial charge in [0.25, 0.3) is 5.56 Å². The Hall–Kier alpha value is -3.76. The van der Waals surface area contributed by atoms with Crippen molar-refractivity contribution in [1.29, 1.82) is 0 Å². The topological polar surface area (TPSA) is 123 Å². The molecular formula is C26H26FN3O6. The molecule has 3 heterocycles. The molecule has 10 heteroatoms. The van der Waals surface area contributed by atoms with Crippen LogP contribution < -0.4 is 21.3 Å². The Kier molecular flexibility index (Phi) is 6.23. The van der Waals surface area contributed by atoms with Gasteiger partial charge in [-0.15, -0.1) is 0 Å². The molecule has 3 N–H and O–H groups in total. The summed E-state index contributed by atoms with van der Waals surface area (Å²) in [6.07, 6.45) is -4.50. The highest BCUT2D eigenvalue weighted by Gasteiger charge is 2.46. The molecule has 3 aromatic rings. The number of amides is 1. The van der Waals surface area contributed by atoms with Crippen LogP contribution in [0.25, 0.3) is 0 Å². The lowest BCUT2D eigenvalue weighted by Crippen LogP contribution is -2.41. The number of nitrogens with one attached hydrogen (secondary N) is 2. The van der Waals surface area contributed by atoms with Gasteiger partial charge in [0, 0.05) is 29.4 Å². The smallest absolute Gasteiger partial charge is 0.330 e. The minimum absolute atomic E-state index is 0.184. The number of ether oxygens (including phenoxy) is 2. The second-order valence-electron chi connectivity index (χ2n) is 8.99. The van der Waals surface area contributed by atoms with E-state index in [0.29, 0.717) is 29.0 Å². The highest BCUT2D eigenvalue weighted by atomic mass is 19.1. The number of H-pyrrole nitrogens is 1. The van der Waals surface area contributed by atoms with Crippen LogP contribution in [0.1, 0.15) is 41.3 Å². The molecule has 5 atom stereocenters. The quantitative estimate of drug-likeness (QED) is 0.498. The van der Waals surface area contributed by atoms with E-state index < -0.39 is 41.8 Å². The number of aryl methyl sites for hydroxylation is 2. The molecule has 1 amide bonds. The summed E-state index contributed by atoms with van der Waals surface area (Å²) in [4.78, 5) is 39.7. The van der Waals surface area contributed by atoms with E-state index in [1.165, 1.54) is 6.20 Å². The Balaban J connectivity index is 1.37. The molecule has 188 valence electrons. The van der Waals surface area contributed by atoms with Crippen molar-refractivity contribution in [2.45, 2.75) is 50.8 Å². The van der Waals surface area contributed by atoms with Crippen LogP contribution >= 0.6 is 0 Å². The van der Waals surface area contributed by atoms with Gasteiger partial charge in [-0.25, -0.2) is 9.18 Å². The van der Waals surface area contributed by atoms with Crippen molar-refractivity contribution >= 4 is 5.91 Å². The Morgan fingerprint density at radius 2 is 1.92 bits per heavy atom. The van der Waals surface area contributed by atoms with Gasteiger partial charge < -0.3 is 19.9 Å². The summed E-state index contributed by atoms with van der Waals surface area (Å²) < 4.78 is 27.6. The minimum Gasteiger partial charge on any atom is -0.456 e. The van der Waals surface area contributed by atoms with E-state index in [0.717, 1.165) is 10.1 Å². The highest BCUT2D eigenvalue weighted by Crippen LogP contribution is 2.45. The first-order chi connectivity index (χ1) is 17.3. The third-order valence-electron chi connectivity index (χ3n) is 6.73. The van der Waals surface area contributed by atoms with E-state index in [2.05, 4.69) is 10.3 Å². The van der Waals surface area contributed by atoms with Crippen LogP contribution in [0, 0.1) is 6.92 Å². The first kappa shape index (κ1) is 24.0. The maximum absolute atomic E-state index is 15.0. The number of rotatable bonds is 5. The molecule has 5 rings (SSSR count). The Morgan fingerprint density at radius 3 is 2.69 bits per heavy atom. The van der Waals surface area contributed by atoms with Crippen LogP contribution in [-0.4, -0.2) is 45.5 Å². The molecule has 0 aliphatic carbocycles. The molecule has 2 aliphatic heterocycles. The van der Waals surface area contributed by atoms with Crippen molar-refractivity contribution in [2.75, 3.05) is 6.54 Å². The normalized spacial score (nSPS) is 24.5. The zero-order chi connectivity index (χ0) is 25.6. The van der Waals surface area contributed by atoms with Crippen LogP contribution in [-0.2, 0) is 16.0 Å². The maximum atomic E-state index is 15.0. The van der Waals surface area contributed by atoms with Gasteiger partial charge in [0.15, 0.2) is 12.4 Å². The average Bonchev–Trinajstić information content (AvgIpc) is 3.15. The summed E-state index contributed by atoms with van der Waals surface area (Å²) in [6, 6.07) is 12.8. The fraction of sp³-hybridized carbons (Fsp3) is 0.346. The molecule has 9 nitrogen and oxygen atoms in total. The maximum Gasteiger partial charge on any atom is 0.330 e. The second-order valence-corrected chi connectivity index (χ2v) is 8.99. The van der Waals surface area contributed by atoms with E-state index in [9.17, 15) is 23.9 Å². The van der Waals surface area contributed by atoms with Crippen molar-refractivity contribution < 1.29 is 23.8 Å². The largest absolute Gasteiger partial charge is 0.456 e. The van der Waals surface area contributed by atoms with E-state index >= 15 is 0 Å². The number of carbonyl (C=O) groups is 1. The molecule has 0 radical (unpaired) electrons. The fourth-order valence-corrected chi connectivity index (χ4v) is 4.78. The summed E-state index contributed by atoms with van der Waals surface area (Å²) >= 11 is 0. The molecule has 1 saturated heterocycles. The van der Waals surface area contributed by atoms with Crippen LogP contribution in [0.3, 0.4) is 0 Å². The molecule has 1 unspecified atom stereocenters. The lowest BCUT2D eigenvalue weighted by atomic mass is 9.86. The van der Waals surface area contributed by atoms with Crippen molar-refractivity contribution in [3.63, 3.8) is 0 Å². The lowest BCUT2D eigenvalue weighted by Gasteiger charge is -2.29. The predicted molar refractivity (Wildman–Crippen MR) is 128 cm³/mol. The standard InChI is InChI=1S/C26H26FN3O6/c1-3-14-12-30(26(34)29-23(14)32)25-20(27)21(31)18(36-25)11-28-24(33)19-15-8-4-5-10-17(15)35-22-13(2)7-6-9-16(19)22/h4-10,12,18-21,25,31H,3,11H2,1-2H3,(H,28,33)(H,29,32,34)/t18-,19?,20+,21-,25-/m1/s1. The van der Waals surface area contributed by atoms with Crippen LogP contribution in [0.15, 0.2) is 58.3 Å². The minimum atomic E-state index is -1.94. The molecule has 36 heavy (non-hydrogen) atoms. The number of alkyl halides is 1. The summed E-state index contributed by atoms with van der Waals surface area (Å²) in [5, 5.41) is 13.3. The number of aromatic amines is 1. The number of aliphatic hydroxyl groups excluding tert-OH is 1. The van der Waals surface area contributed by atoms with Gasteiger partial charge in [-0.1, -0.05) is 43.3 Å². The SMILES string of the molecule is CCc1cn([C@@H]2O[C@H](CNC(=O)C3c4ccccc4Oc4c(C)cccc43)[C@@H](O)[C@@H]2F)c(=O)[nH]c1=O. The molecule has 2 aliphatic rings.